The minimum atomic E-state index is -0.269. The summed E-state index contributed by atoms with van der Waals surface area (Å²) in [5.74, 6) is 0.725. The van der Waals surface area contributed by atoms with Gasteiger partial charge in [-0.15, -0.1) is 0 Å². The van der Waals surface area contributed by atoms with Gasteiger partial charge in [0.1, 0.15) is 22.9 Å². The molecule has 3 N–H and O–H groups in total. The van der Waals surface area contributed by atoms with Crippen LogP contribution in [0.4, 0.5) is 17.3 Å². The standard InChI is InChI=1S/C25H30N8O3/c1-27-22-12-21(29-19-7-4-10-32(25(19)35)16-6-3-5-15(11-16)13-26)31-23-17(14-28-33(22)23)24(34)30-18-8-9-20(18)36-2/h4,7,10,12,14-16,18,20,27H,3,5-6,8-9,11H2,1-2H3,(H,29,31)(H,30,34)/t15-,16+,18-,20-/m1/s1. The van der Waals surface area contributed by atoms with E-state index in [9.17, 15) is 14.9 Å². The van der Waals surface area contributed by atoms with Crippen LogP contribution in [0.25, 0.3) is 5.65 Å². The van der Waals surface area contributed by atoms with Gasteiger partial charge in [-0.25, -0.2) is 4.98 Å². The molecule has 2 aliphatic rings. The van der Waals surface area contributed by atoms with Crippen molar-refractivity contribution < 1.29 is 9.53 Å². The molecule has 188 valence electrons. The number of aromatic nitrogens is 4. The van der Waals surface area contributed by atoms with Crippen LogP contribution in [0.2, 0.25) is 0 Å². The van der Waals surface area contributed by atoms with E-state index in [2.05, 4.69) is 32.1 Å². The average Bonchev–Trinajstić information content (AvgIpc) is 3.31. The number of rotatable bonds is 7. The van der Waals surface area contributed by atoms with E-state index in [0.717, 1.165) is 32.1 Å². The number of carbonyl (C=O) groups is 1. The summed E-state index contributed by atoms with van der Waals surface area (Å²) >= 11 is 0. The van der Waals surface area contributed by atoms with Crippen LogP contribution in [0.1, 0.15) is 54.9 Å². The number of fused-ring (bicyclic) bond motifs is 1. The molecule has 2 saturated carbocycles. The Balaban J connectivity index is 1.44. The Morgan fingerprint density at radius 3 is 2.86 bits per heavy atom. The number of carbonyl (C=O) groups excluding carboxylic acids is 1. The van der Waals surface area contributed by atoms with Crippen molar-refractivity contribution in [3.8, 4) is 6.07 Å². The number of nitrogens with zero attached hydrogens (tertiary/aromatic N) is 5. The fourth-order valence-corrected chi connectivity index (χ4v) is 5.09. The second kappa shape index (κ2) is 9.99. The molecule has 0 unspecified atom stereocenters. The third-order valence-electron chi connectivity index (χ3n) is 7.26. The molecule has 3 heterocycles. The van der Waals surface area contributed by atoms with Gasteiger partial charge in [0.2, 0.25) is 0 Å². The number of methoxy groups -OCH3 is 1. The van der Waals surface area contributed by atoms with Crippen molar-refractivity contribution in [1.29, 1.82) is 5.26 Å². The molecule has 5 rings (SSSR count). The molecule has 0 aromatic carbocycles. The normalized spacial score (nSPS) is 23.5. The van der Waals surface area contributed by atoms with Crippen molar-refractivity contribution in [3.05, 3.63) is 46.5 Å². The first-order chi connectivity index (χ1) is 17.5. The van der Waals surface area contributed by atoms with Gasteiger partial charge in [0.05, 0.1) is 24.4 Å². The molecule has 0 saturated heterocycles. The monoisotopic (exact) mass is 490 g/mol. The van der Waals surface area contributed by atoms with E-state index >= 15 is 0 Å². The lowest BCUT2D eigenvalue weighted by atomic mass is 9.86. The van der Waals surface area contributed by atoms with Gasteiger partial charge in [0.15, 0.2) is 5.65 Å². The summed E-state index contributed by atoms with van der Waals surface area (Å²) < 4.78 is 8.66. The van der Waals surface area contributed by atoms with Gasteiger partial charge in [0.25, 0.3) is 11.5 Å². The summed E-state index contributed by atoms with van der Waals surface area (Å²) in [6, 6.07) is 7.57. The molecule has 1 amide bonds. The quantitative estimate of drug-likeness (QED) is 0.460. The molecule has 36 heavy (non-hydrogen) atoms. The molecule has 3 aromatic heterocycles. The number of ether oxygens (including phenoxy) is 1. The first-order valence-electron chi connectivity index (χ1n) is 12.3. The number of nitriles is 1. The highest BCUT2D eigenvalue weighted by atomic mass is 16.5. The first kappa shape index (κ1) is 23.8. The van der Waals surface area contributed by atoms with E-state index in [1.165, 1.54) is 6.20 Å². The lowest BCUT2D eigenvalue weighted by molar-refractivity contribution is 0.00732. The Labute approximate surface area is 208 Å². The molecule has 2 aliphatic carbocycles. The Morgan fingerprint density at radius 1 is 1.28 bits per heavy atom. The summed E-state index contributed by atoms with van der Waals surface area (Å²) in [5.41, 5.74) is 0.914. The Bertz CT molecular complexity index is 1370. The highest BCUT2D eigenvalue weighted by Crippen LogP contribution is 2.31. The summed E-state index contributed by atoms with van der Waals surface area (Å²) in [7, 11) is 3.40. The molecule has 4 atom stereocenters. The first-order valence-corrected chi connectivity index (χ1v) is 12.3. The zero-order valence-electron chi connectivity index (χ0n) is 20.4. The van der Waals surface area contributed by atoms with Crippen molar-refractivity contribution >= 4 is 28.9 Å². The fourth-order valence-electron chi connectivity index (χ4n) is 5.09. The van der Waals surface area contributed by atoms with Crippen LogP contribution < -0.4 is 21.5 Å². The lowest BCUT2D eigenvalue weighted by Gasteiger charge is -2.35. The van der Waals surface area contributed by atoms with Crippen LogP contribution in [-0.4, -0.2) is 51.4 Å². The molecular formula is C25H30N8O3. The number of pyridine rings is 1. The molecule has 0 spiro atoms. The third-order valence-corrected chi connectivity index (χ3v) is 7.26. The van der Waals surface area contributed by atoms with E-state index in [-0.39, 0.29) is 35.6 Å². The number of amides is 1. The van der Waals surface area contributed by atoms with E-state index < -0.39 is 0 Å². The smallest absolute Gasteiger partial charge is 0.274 e. The van der Waals surface area contributed by atoms with Crippen LogP contribution in [0.3, 0.4) is 0 Å². The molecule has 0 radical (unpaired) electrons. The largest absolute Gasteiger partial charge is 0.379 e. The highest BCUT2D eigenvalue weighted by molar-refractivity contribution is 6.00. The van der Waals surface area contributed by atoms with Gasteiger partial charge in [0, 0.05) is 38.4 Å². The van der Waals surface area contributed by atoms with Crippen molar-refractivity contribution in [2.45, 2.75) is 56.7 Å². The van der Waals surface area contributed by atoms with E-state index in [4.69, 9.17) is 4.74 Å². The number of nitrogens with one attached hydrogen (secondary N) is 3. The summed E-state index contributed by atoms with van der Waals surface area (Å²) in [5, 5.41) is 22.9. The predicted molar refractivity (Wildman–Crippen MR) is 134 cm³/mol. The maximum atomic E-state index is 13.3. The molecule has 2 fully saturated rings. The molecule has 0 aliphatic heterocycles. The van der Waals surface area contributed by atoms with Gasteiger partial charge in [-0.1, -0.05) is 6.42 Å². The average molecular weight is 491 g/mol. The fraction of sp³-hybridized carbons (Fsp3) is 0.480. The van der Waals surface area contributed by atoms with Crippen molar-refractivity contribution in [3.63, 3.8) is 0 Å². The second-order valence-electron chi connectivity index (χ2n) is 9.41. The number of hydrogen-bond donors (Lipinski definition) is 3. The van der Waals surface area contributed by atoms with Crippen LogP contribution in [0.5, 0.6) is 0 Å². The third kappa shape index (κ3) is 4.40. The topological polar surface area (TPSA) is 138 Å². The van der Waals surface area contributed by atoms with Crippen molar-refractivity contribution in [2.24, 2.45) is 5.92 Å². The minimum absolute atomic E-state index is 0.00600. The van der Waals surface area contributed by atoms with Crippen LogP contribution in [0, 0.1) is 17.2 Å². The molecular weight excluding hydrogens is 460 g/mol. The van der Waals surface area contributed by atoms with E-state index in [0.29, 0.717) is 35.0 Å². The Kier molecular flexibility index (Phi) is 6.61. The lowest BCUT2D eigenvalue weighted by Crippen LogP contribution is -2.51. The molecule has 0 bridgehead atoms. The van der Waals surface area contributed by atoms with Crippen molar-refractivity contribution in [2.75, 3.05) is 24.8 Å². The van der Waals surface area contributed by atoms with Gasteiger partial charge in [-0.3, -0.25) is 9.59 Å². The molecule has 11 nitrogen and oxygen atoms in total. The summed E-state index contributed by atoms with van der Waals surface area (Å²) in [6.45, 7) is 0. The Hall–Kier alpha value is -3.91. The molecule has 3 aromatic rings. The van der Waals surface area contributed by atoms with Crippen LogP contribution in [-0.2, 0) is 4.74 Å². The van der Waals surface area contributed by atoms with E-state index in [1.807, 2.05) is 6.07 Å². The number of anilines is 3. The van der Waals surface area contributed by atoms with Crippen molar-refractivity contribution in [1.82, 2.24) is 24.5 Å². The van der Waals surface area contributed by atoms with Gasteiger partial charge in [-0.2, -0.15) is 14.9 Å². The van der Waals surface area contributed by atoms with Gasteiger partial charge >= 0.3 is 0 Å². The SMILES string of the molecule is CNc1cc(Nc2cccn([C@H]3CCC[C@@H](C#N)C3)c2=O)nc2c(C(=O)N[C@@H]3CC[C@H]3OC)cnn12. The zero-order valence-corrected chi connectivity index (χ0v) is 20.4. The highest BCUT2D eigenvalue weighted by Gasteiger charge is 2.33. The van der Waals surface area contributed by atoms with Crippen LogP contribution in [0.15, 0.2) is 35.4 Å². The van der Waals surface area contributed by atoms with Gasteiger partial charge < -0.3 is 25.3 Å². The summed E-state index contributed by atoms with van der Waals surface area (Å²) in [6.07, 6.45) is 8.41. The molecule has 11 heteroatoms. The van der Waals surface area contributed by atoms with E-state index in [1.54, 1.807) is 41.6 Å². The predicted octanol–water partition coefficient (Wildman–Crippen LogP) is 2.84. The number of hydrogen-bond acceptors (Lipinski definition) is 8. The maximum Gasteiger partial charge on any atom is 0.274 e. The second-order valence-corrected chi connectivity index (χ2v) is 9.41. The Morgan fingerprint density at radius 2 is 2.14 bits per heavy atom. The summed E-state index contributed by atoms with van der Waals surface area (Å²) in [4.78, 5) is 30.9. The zero-order chi connectivity index (χ0) is 25.2. The van der Waals surface area contributed by atoms with Gasteiger partial charge in [-0.05, 0) is 44.2 Å². The van der Waals surface area contributed by atoms with Crippen LogP contribution >= 0.6 is 0 Å². The minimum Gasteiger partial charge on any atom is -0.379 e. The maximum absolute atomic E-state index is 13.3.